The monoisotopic (exact) mass is 535 g/mol. The topological polar surface area (TPSA) is 48.4 Å². The Kier molecular flexibility index (Phi) is 7.80. The molecule has 3 aromatic rings. The van der Waals surface area contributed by atoms with Crippen molar-refractivity contribution in [1.82, 2.24) is 4.98 Å². The second-order valence-corrected chi connectivity index (χ2v) is 8.74. The van der Waals surface area contributed by atoms with Crippen LogP contribution in [0.5, 0.6) is 5.75 Å². The summed E-state index contributed by atoms with van der Waals surface area (Å²) >= 11 is 0. The largest absolute Gasteiger partial charge is 0.488 e. The van der Waals surface area contributed by atoms with Crippen molar-refractivity contribution in [2.75, 3.05) is 6.61 Å². The maximum atomic E-state index is 14.1. The highest BCUT2D eigenvalue weighted by molar-refractivity contribution is 5.97. The van der Waals surface area contributed by atoms with Crippen LogP contribution >= 0.6 is 0 Å². The van der Waals surface area contributed by atoms with Crippen molar-refractivity contribution in [1.29, 1.82) is 0 Å². The van der Waals surface area contributed by atoms with Gasteiger partial charge in [-0.2, -0.15) is 13.2 Å². The number of ether oxygens (including phenoxy) is 2. The molecule has 4 nitrogen and oxygen atoms in total. The molecule has 0 radical (unpaired) electrons. The van der Waals surface area contributed by atoms with Gasteiger partial charge in [0.25, 0.3) is 0 Å². The third-order valence-corrected chi connectivity index (χ3v) is 6.25. The van der Waals surface area contributed by atoms with E-state index >= 15 is 0 Å². The average molecular weight is 535 g/mol. The van der Waals surface area contributed by atoms with Crippen LogP contribution in [0.15, 0.2) is 42.6 Å². The van der Waals surface area contributed by atoms with Crippen molar-refractivity contribution in [2.24, 2.45) is 0 Å². The predicted octanol–water partition coefficient (Wildman–Crippen LogP) is 7.68. The lowest BCUT2D eigenvalue weighted by atomic mass is 9.94. The van der Waals surface area contributed by atoms with E-state index in [1.54, 1.807) is 26.1 Å². The molecule has 0 unspecified atom stereocenters. The first-order chi connectivity index (χ1) is 18.0. The van der Waals surface area contributed by atoms with Gasteiger partial charge < -0.3 is 9.47 Å². The number of esters is 1. The van der Waals surface area contributed by atoms with E-state index in [1.807, 2.05) is 0 Å². The van der Waals surface area contributed by atoms with Gasteiger partial charge in [-0.05, 0) is 80.2 Å². The van der Waals surface area contributed by atoms with Gasteiger partial charge in [-0.15, -0.1) is 0 Å². The Morgan fingerprint density at radius 3 is 2.39 bits per heavy atom. The molecule has 0 atom stereocenters. The van der Waals surface area contributed by atoms with E-state index in [0.717, 1.165) is 18.2 Å². The molecule has 0 saturated carbocycles. The Bertz CT molecular complexity index is 1410. The van der Waals surface area contributed by atoms with Gasteiger partial charge in [0.1, 0.15) is 18.2 Å². The van der Waals surface area contributed by atoms with E-state index in [4.69, 9.17) is 9.47 Å². The molecule has 0 amide bonds. The van der Waals surface area contributed by atoms with Crippen LogP contribution in [-0.2, 0) is 17.5 Å². The molecule has 1 heterocycles. The first-order valence-corrected chi connectivity index (χ1v) is 11.8. The zero-order chi connectivity index (χ0) is 27.6. The Labute approximate surface area is 214 Å². The average Bonchev–Trinajstić information content (AvgIpc) is 3.35. The molecule has 1 aromatic heterocycles. The molecule has 0 saturated heterocycles. The fourth-order valence-corrected chi connectivity index (χ4v) is 4.37. The second kappa shape index (κ2) is 10.9. The standard InChI is InChI=1S/C28H23F6NO3/c1-3-37-27(36)21-9-16(13-35-15(21)2)19-5-4-6-20(19)22-11-18(28(32,33)34)7-8-26(22)38-14-17-10-24(30)25(31)12-23(17)29/h7-13H,3-6,14H2,1-2H3. The fraction of sp³-hybridized carbons (Fsp3) is 0.286. The number of allylic oxidation sites excluding steroid dienone is 2. The van der Waals surface area contributed by atoms with E-state index in [1.165, 1.54) is 0 Å². The van der Waals surface area contributed by atoms with Crippen molar-refractivity contribution >= 4 is 17.1 Å². The first-order valence-electron chi connectivity index (χ1n) is 11.8. The summed E-state index contributed by atoms with van der Waals surface area (Å²) in [5.41, 5.74) is 1.42. The van der Waals surface area contributed by atoms with Crippen LogP contribution in [-0.4, -0.2) is 17.6 Å². The molecule has 1 aliphatic carbocycles. The van der Waals surface area contributed by atoms with Crippen LogP contribution in [0, 0.1) is 24.4 Å². The molecule has 0 bridgehead atoms. The zero-order valence-corrected chi connectivity index (χ0v) is 20.5. The second-order valence-electron chi connectivity index (χ2n) is 8.74. The molecule has 1 aliphatic rings. The van der Waals surface area contributed by atoms with E-state index < -0.39 is 41.8 Å². The zero-order valence-electron chi connectivity index (χ0n) is 20.5. The van der Waals surface area contributed by atoms with Gasteiger partial charge in [0, 0.05) is 23.4 Å². The number of alkyl halides is 3. The summed E-state index contributed by atoms with van der Waals surface area (Å²) in [5, 5.41) is 0. The minimum Gasteiger partial charge on any atom is -0.488 e. The van der Waals surface area contributed by atoms with Gasteiger partial charge in [0.2, 0.25) is 0 Å². The van der Waals surface area contributed by atoms with Crippen LogP contribution in [0.4, 0.5) is 26.3 Å². The molecule has 0 aliphatic heterocycles. The molecule has 0 fully saturated rings. The van der Waals surface area contributed by atoms with Crippen molar-refractivity contribution in [2.45, 2.75) is 45.9 Å². The van der Waals surface area contributed by atoms with Crippen LogP contribution in [0.2, 0.25) is 0 Å². The molecular weight excluding hydrogens is 512 g/mol. The fourth-order valence-electron chi connectivity index (χ4n) is 4.37. The number of carbonyl (C=O) groups is 1. The number of aryl methyl sites for hydroxylation is 1. The Balaban J connectivity index is 1.79. The summed E-state index contributed by atoms with van der Waals surface area (Å²) in [4.78, 5) is 16.7. The number of hydrogen-bond donors (Lipinski definition) is 0. The molecule has 0 spiro atoms. The van der Waals surface area contributed by atoms with Crippen molar-refractivity contribution in [3.8, 4) is 5.75 Å². The number of carbonyl (C=O) groups excluding carboxylic acids is 1. The molecule has 2 aromatic carbocycles. The summed E-state index contributed by atoms with van der Waals surface area (Å²) in [5.74, 6) is -4.23. The Hall–Kier alpha value is -3.82. The third-order valence-electron chi connectivity index (χ3n) is 6.25. The number of aromatic nitrogens is 1. The minimum atomic E-state index is -4.64. The maximum absolute atomic E-state index is 14.1. The van der Waals surface area contributed by atoms with Crippen molar-refractivity contribution in [3.63, 3.8) is 0 Å². The summed E-state index contributed by atoms with van der Waals surface area (Å²) in [6.45, 7) is 2.95. The highest BCUT2D eigenvalue weighted by Crippen LogP contribution is 2.45. The quantitative estimate of drug-likeness (QED) is 0.177. The Morgan fingerprint density at radius 2 is 1.68 bits per heavy atom. The number of benzene rings is 2. The minimum absolute atomic E-state index is 0.0159. The number of pyridine rings is 1. The SMILES string of the molecule is CCOC(=O)c1cc(C2=C(c3cc(C(F)(F)F)ccc3OCc3cc(F)c(F)cc3F)CCC2)cnc1C. The molecule has 0 N–H and O–H groups in total. The van der Waals surface area contributed by atoms with Crippen molar-refractivity contribution in [3.05, 3.63) is 93.6 Å². The maximum Gasteiger partial charge on any atom is 0.416 e. The Morgan fingerprint density at radius 1 is 0.974 bits per heavy atom. The van der Waals surface area contributed by atoms with Crippen LogP contribution in [0.1, 0.15) is 64.5 Å². The van der Waals surface area contributed by atoms with Gasteiger partial charge in [-0.3, -0.25) is 4.98 Å². The van der Waals surface area contributed by atoms with Crippen molar-refractivity contribution < 1.29 is 40.6 Å². The third kappa shape index (κ3) is 5.69. The number of nitrogens with zero attached hydrogens (tertiary/aromatic N) is 1. The summed E-state index contributed by atoms with van der Waals surface area (Å²) < 4.78 is 92.6. The van der Waals surface area contributed by atoms with Gasteiger partial charge in [0.05, 0.1) is 23.4 Å². The predicted molar refractivity (Wildman–Crippen MR) is 128 cm³/mol. The van der Waals surface area contributed by atoms with E-state index in [2.05, 4.69) is 4.98 Å². The van der Waals surface area contributed by atoms with Crippen LogP contribution in [0.3, 0.4) is 0 Å². The number of rotatable bonds is 7. The summed E-state index contributed by atoms with van der Waals surface area (Å²) in [7, 11) is 0. The van der Waals surface area contributed by atoms with Crippen LogP contribution in [0.25, 0.3) is 11.1 Å². The lowest BCUT2D eigenvalue weighted by Gasteiger charge is -2.18. The first kappa shape index (κ1) is 27.2. The lowest BCUT2D eigenvalue weighted by molar-refractivity contribution is -0.137. The highest BCUT2D eigenvalue weighted by atomic mass is 19.4. The van der Waals surface area contributed by atoms with E-state index in [0.29, 0.717) is 53.8 Å². The number of hydrogen-bond acceptors (Lipinski definition) is 4. The molecule has 4 rings (SSSR count). The molecular formula is C28H23F6NO3. The normalized spacial score (nSPS) is 13.7. The van der Waals surface area contributed by atoms with Gasteiger partial charge in [0.15, 0.2) is 11.6 Å². The highest BCUT2D eigenvalue weighted by Gasteiger charge is 2.32. The molecule has 200 valence electrons. The van der Waals surface area contributed by atoms with E-state index in [9.17, 15) is 31.1 Å². The molecule has 10 heteroatoms. The lowest BCUT2D eigenvalue weighted by Crippen LogP contribution is -2.09. The summed E-state index contributed by atoms with van der Waals surface area (Å²) in [6.07, 6.45) is -1.55. The molecule has 38 heavy (non-hydrogen) atoms. The van der Waals surface area contributed by atoms with Gasteiger partial charge in [-0.25, -0.2) is 18.0 Å². The van der Waals surface area contributed by atoms with E-state index in [-0.39, 0.29) is 29.0 Å². The number of halogens is 6. The van der Waals surface area contributed by atoms with Gasteiger partial charge in [-0.1, -0.05) is 0 Å². The smallest absolute Gasteiger partial charge is 0.416 e. The van der Waals surface area contributed by atoms with Gasteiger partial charge >= 0.3 is 12.1 Å². The summed E-state index contributed by atoms with van der Waals surface area (Å²) in [6, 6.07) is 5.53. The van der Waals surface area contributed by atoms with Crippen LogP contribution < -0.4 is 4.74 Å².